The maximum absolute atomic E-state index is 3.89. The van der Waals surface area contributed by atoms with Gasteiger partial charge < -0.3 is 0 Å². The Bertz CT molecular complexity index is 146. The van der Waals surface area contributed by atoms with Crippen LogP contribution in [0.15, 0.2) is 12.2 Å². The lowest BCUT2D eigenvalue weighted by Crippen LogP contribution is -1.98. The van der Waals surface area contributed by atoms with Crippen molar-refractivity contribution in [3.63, 3.8) is 0 Å². The Hall–Kier alpha value is -0.260. The zero-order valence-corrected chi connectivity index (χ0v) is 11.2. The van der Waals surface area contributed by atoms with E-state index in [9.17, 15) is 0 Å². The summed E-state index contributed by atoms with van der Waals surface area (Å²) in [5.74, 6) is 0.956. The summed E-state index contributed by atoms with van der Waals surface area (Å²) in [6.45, 7) is 10.0. The van der Waals surface area contributed by atoms with Crippen molar-refractivity contribution in [3.05, 3.63) is 26.0 Å². The maximum Gasteiger partial charge on any atom is -0.0351 e. The van der Waals surface area contributed by atoms with Gasteiger partial charge in [-0.3, -0.25) is 0 Å². The molecular formula is C16H30. The van der Waals surface area contributed by atoms with Crippen molar-refractivity contribution in [3.8, 4) is 0 Å². The van der Waals surface area contributed by atoms with Gasteiger partial charge in [-0.2, -0.15) is 0 Å². The number of hydrogen-bond acceptors (Lipinski definition) is 0. The molecule has 1 atom stereocenters. The molecule has 0 saturated heterocycles. The summed E-state index contributed by atoms with van der Waals surface area (Å²) in [6.07, 6.45) is 17.4. The maximum atomic E-state index is 3.89. The van der Waals surface area contributed by atoms with Crippen LogP contribution in [0.5, 0.6) is 0 Å². The third kappa shape index (κ3) is 10.3. The van der Waals surface area contributed by atoms with Crippen LogP contribution in [-0.4, -0.2) is 0 Å². The van der Waals surface area contributed by atoms with Gasteiger partial charge in [-0.05, 0) is 32.1 Å². The highest BCUT2D eigenvalue weighted by molar-refractivity contribution is 4.82. The molecule has 0 aromatic carbocycles. The van der Waals surface area contributed by atoms with E-state index in [1.54, 1.807) is 0 Å². The molecule has 0 amide bonds. The lowest BCUT2D eigenvalue weighted by atomic mass is 9.93. The zero-order chi connectivity index (χ0) is 12.1. The van der Waals surface area contributed by atoms with Crippen LogP contribution in [0.1, 0.15) is 71.1 Å². The van der Waals surface area contributed by atoms with E-state index in [0.717, 1.165) is 18.8 Å². The second-order valence-electron chi connectivity index (χ2n) is 4.67. The average Bonchev–Trinajstić information content (AvgIpc) is 2.31. The topological polar surface area (TPSA) is 0 Å². The van der Waals surface area contributed by atoms with E-state index >= 15 is 0 Å². The van der Waals surface area contributed by atoms with Crippen molar-refractivity contribution < 1.29 is 0 Å². The first kappa shape index (κ1) is 15.7. The smallest absolute Gasteiger partial charge is 0.0351 e. The van der Waals surface area contributed by atoms with Crippen molar-refractivity contribution in [1.82, 2.24) is 0 Å². The van der Waals surface area contributed by atoms with Crippen LogP contribution in [0.25, 0.3) is 0 Å². The first-order valence-electron chi connectivity index (χ1n) is 7.08. The molecule has 0 nitrogen and oxygen atoms in total. The minimum Gasteiger partial charge on any atom is -0.0885 e. The average molecular weight is 222 g/mol. The van der Waals surface area contributed by atoms with E-state index in [2.05, 4.69) is 32.9 Å². The van der Waals surface area contributed by atoms with E-state index in [0.29, 0.717) is 0 Å². The highest BCUT2D eigenvalue weighted by atomic mass is 14.1. The number of allylic oxidation sites excluding steroid dienone is 2. The summed E-state index contributed by atoms with van der Waals surface area (Å²) in [7, 11) is 0. The standard InChI is InChI=1S/C16H30/c1-4-7-9-11-13-15-16(6-3)14-12-10-8-5-2/h7,9,16H,1-2,4-6,8,10-15H2,3H3. The van der Waals surface area contributed by atoms with Crippen LogP contribution in [0, 0.1) is 19.8 Å². The normalized spacial score (nSPS) is 13.4. The monoisotopic (exact) mass is 222 g/mol. The molecule has 0 fully saturated rings. The molecule has 0 heterocycles. The van der Waals surface area contributed by atoms with E-state index in [1.165, 1.54) is 51.4 Å². The summed E-state index contributed by atoms with van der Waals surface area (Å²) in [5.41, 5.74) is 0. The fourth-order valence-corrected chi connectivity index (χ4v) is 2.10. The van der Waals surface area contributed by atoms with Crippen LogP contribution in [0.4, 0.5) is 0 Å². The Morgan fingerprint density at radius 3 is 2.31 bits per heavy atom. The summed E-state index contributed by atoms with van der Waals surface area (Å²) >= 11 is 0. The van der Waals surface area contributed by atoms with Gasteiger partial charge in [0.05, 0.1) is 0 Å². The molecule has 16 heavy (non-hydrogen) atoms. The third-order valence-corrected chi connectivity index (χ3v) is 3.26. The number of unbranched alkanes of at least 4 members (excludes halogenated alkanes) is 4. The molecule has 0 aliphatic rings. The predicted molar refractivity (Wildman–Crippen MR) is 75.2 cm³/mol. The quantitative estimate of drug-likeness (QED) is 0.308. The SMILES string of the molecule is [CH2]CC=CCCCC(CC)CCCCC[CH2]. The minimum atomic E-state index is 0.933. The predicted octanol–water partition coefficient (Wildman–Crippen LogP) is 5.75. The van der Waals surface area contributed by atoms with Crippen molar-refractivity contribution in [2.75, 3.05) is 0 Å². The summed E-state index contributed by atoms with van der Waals surface area (Å²) in [4.78, 5) is 0. The minimum absolute atomic E-state index is 0.933. The molecule has 0 bridgehead atoms. The van der Waals surface area contributed by atoms with Crippen molar-refractivity contribution in [2.24, 2.45) is 5.92 Å². The lowest BCUT2D eigenvalue weighted by Gasteiger charge is -2.13. The molecule has 0 spiro atoms. The Morgan fingerprint density at radius 2 is 1.69 bits per heavy atom. The van der Waals surface area contributed by atoms with Gasteiger partial charge in [0.1, 0.15) is 0 Å². The van der Waals surface area contributed by atoms with Gasteiger partial charge >= 0.3 is 0 Å². The summed E-state index contributed by atoms with van der Waals surface area (Å²) in [5, 5.41) is 0. The van der Waals surface area contributed by atoms with Gasteiger partial charge in [-0.15, -0.1) is 0 Å². The Morgan fingerprint density at radius 1 is 0.938 bits per heavy atom. The first-order valence-corrected chi connectivity index (χ1v) is 7.08. The van der Waals surface area contributed by atoms with Gasteiger partial charge in [0.2, 0.25) is 0 Å². The van der Waals surface area contributed by atoms with E-state index in [1.807, 2.05) is 0 Å². The first-order chi connectivity index (χ1) is 7.85. The molecule has 1 unspecified atom stereocenters. The Labute approximate surface area is 104 Å². The van der Waals surface area contributed by atoms with Gasteiger partial charge in [-0.1, -0.05) is 70.9 Å². The summed E-state index contributed by atoms with van der Waals surface area (Å²) in [6, 6.07) is 0. The highest BCUT2D eigenvalue weighted by Gasteiger charge is 2.04. The van der Waals surface area contributed by atoms with Crippen LogP contribution >= 0.6 is 0 Å². The van der Waals surface area contributed by atoms with Crippen molar-refractivity contribution >= 4 is 0 Å². The molecule has 0 N–H and O–H groups in total. The largest absolute Gasteiger partial charge is 0.0885 e. The molecule has 0 aliphatic carbocycles. The fourth-order valence-electron chi connectivity index (χ4n) is 2.10. The van der Waals surface area contributed by atoms with Crippen LogP contribution < -0.4 is 0 Å². The molecule has 0 rings (SSSR count). The molecule has 0 aliphatic heterocycles. The number of rotatable bonds is 11. The van der Waals surface area contributed by atoms with Crippen LogP contribution in [0.2, 0.25) is 0 Å². The molecule has 0 heteroatoms. The molecule has 94 valence electrons. The van der Waals surface area contributed by atoms with Crippen molar-refractivity contribution in [2.45, 2.75) is 71.1 Å². The fraction of sp³-hybridized carbons (Fsp3) is 0.750. The highest BCUT2D eigenvalue weighted by Crippen LogP contribution is 2.20. The van der Waals surface area contributed by atoms with E-state index in [4.69, 9.17) is 0 Å². The van der Waals surface area contributed by atoms with Gasteiger partial charge in [-0.25, -0.2) is 0 Å². The van der Waals surface area contributed by atoms with E-state index in [-0.39, 0.29) is 0 Å². The van der Waals surface area contributed by atoms with Gasteiger partial charge in [0.15, 0.2) is 0 Å². The van der Waals surface area contributed by atoms with Gasteiger partial charge in [0.25, 0.3) is 0 Å². The Kier molecular flexibility index (Phi) is 12.6. The molecule has 0 aromatic rings. The molecule has 2 radical (unpaired) electrons. The Balaban J connectivity index is 3.40. The second kappa shape index (κ2) is 12.8. The van der Waals surface area contributed by atoms with Crippen molar-refractivity contribution in [1.29, 1.82) is 0 Å². The second-order valence-corrected chi connectivity index (χ2v) is 4.67. The van der Waals surface area contributed by atoms with Gasteiger partial charge in [0, 0.05) is 0 Å². The molecule has 0 aromatic heterocycles. The van der Waals surface area contributed by atoms with Crippen LogP contribution in [-0.2, 0) is 0 Å². The summed E-state index contributed by atoms with van der Waals surface area (Å²) < 4.78 is 0. The lowest BCUT2D eigenvalue weighted by molar-refractivity contribution is 0.405. The molecular weight excluding hydrogens is 192 g/mol. The molecule has 0 saturated carbocycles. The van der Waals surface area contributed by atoms with E-state index < -0.39 is 0 Å². The third-order valence-electron chi connectivity index (χ3n) is 3.26. The zero-order valence-electron chi connectivity index (χ0n) is 11.2. The number of hydrogen-bond donors (Lipinski definition) is 0. The van der Waals surface area contributed by atoms with Crippen LogP contribution in [0.3, 0.4) is 0 Å².